The fourth-order valence-electron chi connectivity index (χ4n) is 2.84. The van der Waals surface area contributed by atoms with Crippen molar-refractivity contribution in [3.8, 4) is 0 Å². The molecule has 0 spiro atoms. The number of hydrogen-bond acceptors (Lipinski definition) is 3. The Labute approximate surface area is 115 Å². The highest BCUT2D eigenvalue weighted by molar-refractivity contribution is 5.01. The molecule has 1 heterocycles. The van der Waals surface area contributed by atoms with Crippen molar-refractivity contribution in [3.05, 3.63) is 18.0 Å². The number of methoxy groups -OCH3 is 1. The van der Waals surface area contributed by atoms with Crippen LogP contribution in [0.2, 0.25) is 0 Å². The molecule has 108 valence electrons. The molecule has 0 amide bonds. The van der Waals surface area contributed by atoms with E-state index >= 15 is 0 Å². The normalized spacial score (nSPS) is 20.4. The van der Waals surface area contributed by atoms with Gasteiger partial charge in [0.2, 0.25) is 0 Å². The molecule has 2 rings (SSSR count). The lowest BCUT2D eigenvalue weighted by molar-refractivity contribution is 0.0561. The Hall–Kier alpha value is -0.870. The third-order valence-corrected chi connectivity index (χ3v) is 4.06. The van der Waals surface area contributed by atoms with Gasteiger partial charge >= 0.3 is 0 Å². The number of ether oxygens (including phenoxy) is 1. The molecule has 4 heteroatoms. The molecule has 1 aliphatic rings. The number of aromatic nitrogens is 2. The van der Waals surface area contributed by atoms with Crippen LogP contribution in [0.4, 0.5) is 0 Å². The zero-order chi connectivity index (χ0) is 13.7. The Kier molecular flexibility index (Phi) is 5.40. The van der Waals surface area contributed by atoms with Gasteiger partial charge in [-0.25, -0.2) is 0 Å². The summed E-state index contributed by atoms with van der Waals surface area (Å²) in [6.45, 7) is 1.98. The minimum absolute atomic E-state index is 0.0930. The van der Waals surface area contributed by atoms with Gasteiger partial charge in [0.1, 0.15) is 0 Å². The van der Waals surface area contributed by atoms with Gasteiger partial charge < -0.3 is 9.84 Å². The fourth-order valence-corrected chi connectivity index (χ4v) is 2.84. The predicted octanol–water partition coefficient (Wildman–Crippen LogP) is 2.72. The molecule has 1 aromatic heterocycles. The van der Waals surface area contributed by atoms with Crippen molar-refractivity contribution >= 4 is 0 Å². The van der Waals surface area contributed by atoms with Gasteiger partial charge in [-0.15, -0.1) is 0 Å². The Bertz CT molecular complexity index is 372. The molecule has 1 saturated carbocycles. The van der Waals surface area contributed by atoms with Gasteiger partial charge in [0.15, 0.2) is 0 Å². The van der Waals surface area contributed by atoms with Crippen LogP contribution in [-0.4, -0.2) is 34.2 Å². The molecule has 1 aliphatic carbocycles. The van der Waals surface area contributed by atoms with Crippen LogP contribution in [0.1, 0.15) is 57.2 Å². The Morgan fingerprint density at radius 1 is 1.42 bits per heavy atom. The lowest BCUT2D eigenvalue weighted by Gasteiger charge is -2.21. The Morgan fingerprint density at radius 2 is 2.16 bits per heavy atom. The van der Waals surface area contributed by atoms with Crippen LogP contribution >= 0.6 is 0 Å². The van der Waals surface area contributed by atoms with Crippen molar-refractivity contribution in [1.82, 2.24) is 9.78 Å². The van der Waals surface area contributed by atoms with E-state index in [1.165, 1.54) is 32.1 Å². The lowest BCUT2D eigenvalue weighted by atomic mass is 9.96. The summed E-state index contributed by atoms with van der Waals surface area (Å²) < 4.78 is 7.27. The molecular formula is C15H26N2O2. The highest BCUT2D eigenvalue weighted by Crippen LogP contribution is 2.27. The molecule has 1 N–H and O–H groups in total. The SMILES string of the molecule is COC(C)CC(O)Cc1ccn(C2CCCCC2)n1. The molecular weight excluding hydrogens is 240 g/mol. The lowest BCUT2D eigenvalue weighted by Crippen LogP contribution is -2.19. The van der Waals surface area contributed by atoms with E-state index in [0.29, 0.717) is 18.9 Å². The molecule has 1 fully saturated rings. The third kappa shape index (κ3) is 4.32. The van der Waals surface area contributed by atoms with E-state index in [9.17, 15) is 5.11 Å². The maximum Gasteiger partial charge on any atom is 0.0650 e. The molecule has 0 saturated heterocycles. The number of aliphatic hydroxyl groups is 1. The first-order chi connectivity index (χ1) is 9.19. The van der Waals surface area contributed by atoms with Gasteiger partial charge in [0, 0.05) is 19.7 Å². The zero-order valence-electron chi connectivity index (χ0n) is 12.1. The summed E-state index contributed by atoms with van der Waals surface area (Å²) in [5.41, 5.74) is 0.987. The fraction of sp³-hybridized carbons (Fsp3) is 0.800. The standard InChI is InChI=1S/C15H26N2O2/c1-12(19-2)10-15(18)11-13-8-9-17(16-13)14-6-4-3-5-7-14/h8-9,12,14-15,18H,3-7,10-11H2,1-2H3. The summed E-state index contributed by atoms with van der Waals surface area (Å²) >= 11 is 0. The highest BCUT2D eigenvalue weighted by Gasteiger charge is 2.17. The number of aliphatic hydroxyl groups excluding tert-OH is 1. The number of hydrogen-bond donors (Lipinski definition) is 1. The van der Waals surface area contributed by atoms with Crippen LogP contribution in [-0.2, 0) is 11.2 Å². The molecule has 0 aliphatic heterocycles. The van der Waals surface area contributed by atoms with Crippen LogP contribution in [0.15, 0.2) is 12.3 Å². The van der Waals surface area contributed by atoms with E-state index in [4.69, 9.17) is 4.74 Å². The van der Waals surface area contributed by atoms with Crippen molar-refractivity contribution in [1.29, 1.82) is 0 Å². The van der Waals surface area contributed by atoms with Gasteiger partial charge in [0.05, 0.1) is 23.9 Å². The molecule has 0 bridgehead atoms. The molecule has 1 aromatic rings. The van der Waals surface area contributed by atoms with E-state index in [1.54, 1.807) is 7.11 Å². The molecule has 2 unspecified atom stereocenters. The van der Waals surface area contributed by atoms with Crippen LogP contribution in [0.3, 0.4) is 0 Å². The molecule has 4 nitrogen and oxygen atoms in total. The van der Waals surface area contributed by atoms with Gasteiger partial charge in [-0.2, -0.15) is 5.10 Å². The van der Waals surface area contributed by atoms with E-state index in [-0.39, 0.29) is 12.2 Å². The molecule has 19 heavy (non-hydrogen) atoms. The topological polar surface area (TPSA) is 47.3 Å². The van der Waals surface area contributed by atoms with Gasteiger partial charge in [0.25, 0.3) is 0 Å². The predicted molar refractivity (Wildman–Crippen MR) is 75.1 cm³/mol. The monoisotopic (exact) mass is 266 g/mol. The van der Waals surface area contributed by atoms with Crippen LogP contribution in [0.5, 0.6) is 0 Å². The maximum atomic E-state index is 9.99. The Balaban J connectivity index is 1.86. The summed E-state index contributed by atoms with van der Waals surface area (Å²) in [4.78, 5) is 0. The average molecular weight is 266 g/mol. The molecule has 0 aromatic carbocycles. The van der Waals surface area contributed by atoms with Crippen molar-refractivity contribution < 1.29 is 9.84 Å². The first-order valence-corrected chi connectivity index (χ1v) is 7.44. The van der Waals surface area contributed by atoms with E-state index in [2.05, 4.69) is 16.0 Å². The van der Waals surface area contributed by atoms with Gasteiger partial charge in [-0.05, 0) is 32.3 Å². The van der Waals surface area contributed by atoms with Crippen LogP contribution in [0.25, 0.3) is 0 Å². The minimum Gasteiger partial charge on any atom is -0.393 e. The van der Waals surface area contributed by atoms with E-state index in [0.717, 1.165) is 5.69 Å². The van der Waals surface area contributed by atoms with E-state index in [1.807, 2.05) is 13.0 Å². The van der Waals surface area contributed by atoms with Crippen molar-refractivity contribution in [3.63, 3.8) is 0 Å². The van der Waals surface area contributed by atoms with Crippen LogP contribution in [0, 0.1) is 0 Å². The smallest absolute Gasteiger partial charge is 0.0650 e. The summed E-state index contributed by atoms with van der Waals surface area (Å²) in [6.07, 6.45) is 9.53. The second-order valence-corrected chi connectivity index (χ2v) is 5.72. The third-order valence-electron chi connectivity index (χ3n) is 4.06. The second kappa shape index (κ2) is 7.06. The van der Waals surface area contributed by atoms with E-state index < -0.39 is 0 Å². The highest BCUT2D eigenvalue weighted by atomic mass is 16.5. The maximum absolute atomic E-state index is 9.99. The largest absolute Gasteiger partial charge is 0.393 e. The number of nitrogens with zero attached hydrogens (tertiary/aromatic N) is 2. The zero-order valence-corrected chi connectivity index (χ0v) is 12.1. The Morgan fingerprint density at radius 3 is 2.84 bits per heavy atom. The number of rotatable bonds is 6. The van der Waals surface area contributed by atoms with Crippen LogP contribution < -0.4 is 0 Å². The quantitative estimate of drug-likeness (QED) is 0.861. The average Bonchev–Trinajstić information content (AvgIpc) is 2.88. The first kappa shape index (κ1) is 14.5. The summed E-state index contributed by atoms with van der Waals surface area (Å²) in [5.74, 6) is 0. The summed E-state index contributed by atoms with van der Waals surface area (Å²) in [5, 5.41) is 14.6. The second-order valence-electron chi connectivity index (χ2n) is 5.72. The first-order valence-electron chi connectivity index (χ1n) is 7.44. The molecule has 0 radical (unpaired) electrons. The summed E-state index contributed by atoms with van der Waals surface area (Å²) in [7, 11) is 1.68. The molecule has 2 atom stereocenters. The van der Waals surface area contributed by atoms with Crippen molar-refractivity contribution in [2.24, 2.45) is 0 Å². The van der Waals surface area contributed by atoms with Gasteiger partial charge in [-0.3, -0.25) is 4.68 Å². The van der Waals surface area contributed by atoms with Crippen molar-refractivity contribution in [2.45, 2.75) is 70.1 Å². The van der Waals surface area contributed by atoms with Gasteiger partial charge in [-0.1, -0.05) is 19.3 Å². The minimum atomic E-state index is -0.371. The van der Waals surface area contributed by atoms with Crippen molar-refractivity contribution in [2.75, 3.05) is 7.11 Å². The summed E-state index contributed by atoms with van der Waals surface area (Å²) in [6, 6.07) is 2.60.